The molecule has 25 heavy (non-hydrogen) atoms. The van der Waals surface area contributed by atoms with Gasteiger partial charge in [-0.3, -0.25) is 20.3 Å². The lowest BCUT2D eigenvalue weighted by Gasteiger charge is -2.03. The van der Waals surface area contributed by atoms with E-state index in [1.54, 1.807) is 6.92 Å². The molecule has 2 N–H and O–H groups in total. The first-order valence-electron chi connectivity index (χ1n) is 7.11. The van der Waals surface area contributed by atoms with Gasteiger partial charge in [-0.15, -0.1) is 0 Å². The minimum Gasteiger partial charge on any atom is -0.277 e. The summed E-state index contributed by atoms with van der Waals surface area (Å²) in [7, 11) is 0. The van der Waals surface area contributed by atoms with Gasteiger partial charge in [0.2, 0.25) is 0 Å². The molecule has 8 nitrogen and oxygen atoms in total. The van der Waals surface area contributed by atoms with E-state index in [0.717, 1.165) is 5.69 Å². The number of nitro groups is 1. The smallest absolute Gasteiger partial charge is 0.271 e. The van der Waals surface area contributed by atoms with Crippen LogP contribution in [0.3, 0.4) is 0 Å². The number of halogens is 1. The Bertz CT molecular complexity index is 819. The number of nitrogens with one attached hydrogen (secondary N) is 2. The van der Waals surface area contributed by atoms with Crippen LogP contribution < -0.4 is 10.9 Å². The van der Waals surface area contributed by atoms with Crippen molar-refractivity contribution in [3.63, 3.8) is 0 Å². The maximum Gasteiger partial charge on any atom is 0.271 e. The van der Waals surface area contributed by atoms with E-state index < -0.39 is 10.8 Å². The molecule has 0 unspecified atom stereocenters. The van der Waals surface area contributed by atoms with Gasteiger partial charge in [0.1, 0.15) is 0 Å². The second-order valence-corrected chi connectivity index (χ2v) is 5.18. The van der Waals surface area contributed by atoms with Gasteiger partial charge in [-0.1, -0.05) is 29.8 Å². The molecule has 0 saturated heterocycles. The van der Waals surface area contributed by atoms with Crippen molar-refractivity contribution in [2.45, 2.75) is 6.92 Å². The van der Waals surface area contributed by atoms with Crippen LogP contribution in [0.25, 0.3) is 0 Å². The predicted molar refractivity (Wildman–Crippen MR) is 97.0 cm³/mol. The van der Waals surface area contributed by atoms with Gasteiger partial charge in [-0.2, -0.15) is 10.2 Å². The van der Waals surface area contributed by atoms with Crippen molar-refractivity contribution in [1.82, 2.24) is 5.43 Å². The Kier molecular flexibility index (Phi) is 6.19. The quantitative estimate of drug-likeness (QED) is 0.468. The molecular weight excluding hydrogens is 346 g/mol. The van der Waals surface area contributed by atoms with E-state index in [4.69, 9.17) is 11.6 Å². The highest BCUT2D eigenvalue weighted by atomic mass is 35.5. The van der Waals surface area contributed by atoms with E-state index in [0.29, 0.717) is 5.71 Å². The molecule has 0 saturated carbocycles. The fraction of sp³-hybridized carbons (Fsp3) is 0.0625. The standard InChI is InChI=1S/C16H14ClN5O3/c1-11(15(17)20-19-13-5-3-2-4-6-13)18-21-16(23)12-7-9-14(10-8-12)22(24)25/h2-10,19H,1H3,(H,21,23)/b18-11+,20-15-. The Labute approximate surface area is 148 Å². The summed E-state index contributed by atoms with van der Waals surface area (Å²) in [6.07, 6.45) is 0. The first-order valence-corrected chi connectivity index (χ1v) is 7.49. The topological polar surface area (TPSA) is 109 Å². The minimum atomic E-state index is -0.542. The minimum absolute atomic E-state index is 0.0767. The normalized spacial score (nSPS) is 11.8. The molecule has 0 aromatic heterocycles. The molecular formula is C16H14ClN5O3. The fourth-order valence-electron chi connectivity index (χ4n) is 1.69. The summed E-state index contributed by atoms with van der Waals surface area (Å²) < 4.78 is 0. The number of non-ortho nitro benzene ring substituents is 1. The molecule has 0 bridgehead atoms. The summed E-state index contributed by atoms with van der Waals surface area (Å²) in [5.41, 5.74) is 6.25. The van der Waals surface area contributed by atoms with Crippen molar-refractivity contribution in [3.8, 4) is 0 Å². The largest absolute Gasteiger partial charge is 0.277 e. The van der Waals surface area contributed by atoms with Crippen molar-refractivity contribution in [2.75, 3.05) is 5.43 Å². The Morgan fingerprint density at radius 2 is 1.72 bits per heavy atom. The molecule has 2 aromatic rings. The van der Waals surface area contributed by atoms with E-state index >= 15 is 0 Å². The Hall–Kier alpha value is -3.26. The summed E-state index contributed by atoms with van der Waals surface area (Å²) in [4.78, 5) is 22.0. The van der Waals surface area contributed by atoms with Crippen LogP contribution in [-0.2, 0) is 0 Å². The zero-order valence-electron chi connectivity index (χ0n) is 13.1. The number of para-hydroxylation sites is 1. The van der Waals surface area contributed by atoms with E-state index in [9.17, 15) is 14.9 Å². The first-order chi connectivity index (χ1) is 12.0. The highest BCUT2D eigenvalue weighted by Crippen LogP contribution is 2.11. The number of carbonyl (C=O) groups excluding carboxylic acids is 1. The number of benzene rings is 2. The van der Waals surface area contributed by atoms with Crippen LogP contribution in [0.15, 0.2) is 64.8 Å². The number of carbonyl (C=O) groups is 1. The third-order valence-corrected chi connectivity index (χ3v) is 3.38. The molecule has 128 valence electrons. The highest BCUT2D eigenvalue weighted by molar-refractivity contribution is 6.83. The van der Waals surface area contributed by atoms with Gasteiger partial charge in [0.25, 0.3) is 11.6 Å². The summed E-state index contributed by atoms with van der Waals surface area (Å²) in [5, 5.41) is 18.5. The lowest BCUT2D eigenvalue weighted by molar-refractivity contribution is -0.384. The number of amides is 1. The Morgan fingerprint density at radius 1 is 1.08 bits per heavy atom. The van der Waals surface area contributed by atoms with Gasteiger partial charge < -0.3 is 0 Å². The second-order valence-electron chi connectivity index (χ2n) is 4.82. The van der Waals surface area contributed by atoms with Crippen molar-refractivity contribution in [3.05, 3.63) is 70.3 Å². The number of nitrogens with zero attached hydrogens (tertiary/aromatic N) is 3. The van der Waals surface area contributed by atoms with Crippen LogP contribution in [-0.4, -0.2) is 21.7 Å². The van der Waals surface area contributed by atoms with Gasteiger partial charge in [0.15, 0.2) is 5.17 Å². The van der Waals surface area contributed by atoms with Gasteiger partial charge >= 0.3 is 0 Å². The van der Waals surface area contributed by atoms with Crippen LogP contribution >= 0.6 is 11.6 Å². The number of nitro benzene ring substituents is 1. The van der Waals surface area contributed by atoms with E-state index in [2.05, 4.69) is 21.1 Å². The first kappa shape index (κ1) is 18.1. The SMILES string of the molecule is CC(=N\NC(=O)c1ccc([N+](=O)[O-])cc1)/C(Cl)=N/Nc1ccccc1. The van der Waals surface area contributed by atoms with Crippen LogP contribution in [0, 0.1) is 10.1 Å². The predicted octanol–water partition coefficient (Wildman–Crippen LogP) is 3.36. The lowest BCUT2D eigenvalue weighted by Crippen LogP contribution is -2.20. The zero-order chi connectivity index (χ0) is 18.2. The maximum atomic E-state index is 11.9. The molecule has 2 rings (SSSR count). The van der Waals surface area contributed by atoms with Crippen molar-refractivity contribution in [2.24, 2.45) is 10.2 Å². The molecule has 9 heteroatoms. The maximum absolute atomic E-state index is 11.9. The second kappa shape index (κ2) is 8.55. The van der Waals surface area contributed by atoms with Gasteiger partial charge in [0.05, 0.1) is 16.3 Å². The average Bonchev–Trinajstić information content (AvgIpc) is 2.64. The molecule has 0 aliphatic carbocycles. The van der Waals surface area contributed by atoms with Crippen molar-refractivity contribution >= 4 is 39.8 Å². The molecule has 0 atom stereocenters. The molecule has 0 spiro atoms. The third kappa shape index (κ3) is 5.40. The third-order valence-electron chi connectivity index (χ3n) is 3.02. The van der Waals surface area contributed by atoms with Crippen LogP contribution in [0.4, 0.5) is 11.4 Å². The van der Waals surface area contributed by atoms with Gasteiger partial charge in [-0.25, -0.2) is 5.43 Å². The van der Waals surface area contributed by atoms with E-state index in [1.807, 2.05) is 30.3 Å². The lowest BCUT2D eigenvalue weighted by atomic mass is 10.2. The molecule has 0 fully saturated rings. The molecule has 0 aliphatic heterocycles. The van der Waals surface area contributed by atoms with Crippen molar-refractivity contribution in [1.29, 1.82) is 0 Å². The summed E-state index contributed by atoms with van der Waals surface area (Å²) in [6, 6.07) is 14.3. The summed E-state index contributed by atoms with van der Waals surface area (Å²) in [5.74, 6) is -0.519. The molecule has 1 amide bonds. The Morgan fingerprint density at radius 3 is 2.32 bits per heavy atom. The molecule has 0 heterocycles. The number of hydrazone groups is 2. The van der Waals surface area contributed by atoms with Crippen LogP contribution in [0.2, 0.25) is 0 Å². The zero-order valence-corrected chi connectivity index (χ0v) is 13.9. The van der Waals surface area contributed by atoms with Gasteiger partial charge in [-0.05, 0) is 31.2 Å². The number of anilines is 1. The van der Waals surface area contributed by atoms with Crippen LogP contribution in [0.5, 0.6) is 0 Å². The molecule has 2 aromatic carbocycles. The number of hydrogen-bond donors (Lipinski definition) is 2. The molecule has 0 aliphatic rings. The summed E-state index contributed by atoms with van der Waals surface area (Å²) in [6.45, 7) is 1.58. The monoisotopic (exact) mass is 359 g/mol. The Balaban J connectivity index is 1.97. The molecule has 0 radical (unpaired) electrons. The summed E-state index contributed by atoms with van der Waals surface area (Å²) >= 11 is 6.00. The number of hydrogen-bond acceptors (Lipinski definition) is 6. The van der Waals surface area contributed by atoms with E-state index in [-0.39, 0.29) is 16.4 Å². The fourth-order valence-corrected chi connectivity index (χ4v) is 1.77. The van der Waals surface area contributed by atoms with Crippen molar-refractivity contribution < 1.29 is 9.72 Å². The van der Waals surface area contributed by atoms with Crippen LogP contribution in [0.1, 0.15) is 17.3 Å². The number of rotatable bonds is 6. The van der Waals surface area contributed by atoms with E-state index in [1.165, 1.54) is 24.3 Å². The highest BCUT2D eigenvalue weighted by Gasteiger charge is 2.09. The average molecular weight is 360 g/mol. The van der Waals surface area contributed by atoms with Gasteiger partial charge in [0, 0.05) is 17.7 Å².